The molecule has 27 heavy (non-hydrogen) atoms. The maximum absolute atomic E-state index is 13.1. The van der Waals surface area contributed by atoms with Crippen LogP contribution in [0.3, 0.4) is 0 Å². The molecule has 0 bridgehead atoms. The van der Waals surface area contributed by atoms with Crippen LogP contribution in [0.15, 0.2) is 30.3 Å². The van der Waals surface area contributed by atoms with E-state index in [1.54, 1.807) is 0 Å². The number of likely N-dealkylation sites (tertiary alicyclic amines) is 1. The Hall–Kier alpha value is -2.57. The van der Waals surface area contributed by atoms with Crippen molar-refractivity contribution < 1.29 is 23.9 Å². The molecule has 1 saturated heterocycles. The van der Waals surface area contributed by atoms with Crippen LogP contribution < -0.4 is 5.32 Å². The lowest BCUT2D eigenvalue weighted by Crippen LogP contribution is -2.56. The molecule has 1 aromatic rings. The summed E-state index contributed by atoms with van der Waals surface area (Å²) >= 11 is 0. The standard InChI is InChI=1S/C20H28N2O5/c1-20(2,3)16(17(23)22-12-8-11-15(22)18(24)26-4)21-19(25)27-13-14-9-6-5-7-10-14/h5-7,9-10,15-16H,8,11-13H2,1-4H3,(H,21,25)/t15-,16?/m0/s1. The number of carbonyl (C=O) groups excluding carboxylic acids is 3. The molecule has 148 valence electrons. The van der Waals surface area contributed by atoms with E-state index in [1.165, 1.54) is 12.0 Å². The summed E-state index contributed by atoms with van der Waals surface area (Å²) in [7, 11) is 1.31. The first kappa shape index (κ1) is 20.7. The first-order chi connectivity index (χ1) is 12.7. The van der Waals surface area contributed by atoms with Crippen LogP contribution in [-0.2, 0) is 25.7 Å². The van der Waals surface area contributed by atoms with Crippen molar-refractivity contribution in [1.82, 2.24) is 10.2 Å². The SMILES string of the molecule is COC(=O)[C@@H]1CCCN1C(=O)C(NC(=O)OCc1ccccc1)C(C)(C)C. The van der Waals surface area contributed by atoms with Gasteiger partial charge in [0.05, 0.1) is 7.11 Å². The number of alkyl carbamates (subject to hydrolysis) is 1. The first-order valence-electron chi connectivity index (χ1n) is 9.09. The highest BCUT2D eigenvalue weighted by molar-refractivity contribution is 5.90. The third-order valence-corrected chi connectivity index (χ3v) is 4.60. The zero-order valence-electron chi connectivity index (χ0n) is 16.4. The fraction of sp³-hybridized carbons (Fsp3) is 0.550. The van der Waals surface area contributed by atoms with Gasteiger partial charge in [-0.2, -0.15) is 0 Å². The van der Waals surface area contributed by atoms with Crippen LogP contribution in [0.2, 0.25) is 0 Å². The van der Waals surface area contributed by atoms with Gasteiger partial charge in [0.2, 0.25) is 5.91 Å². The summed E-state index contributed by atoms with van der Waals surface area (Å²) in [4.78, 5) is 38.8. The van der Waals surface area contributed by atoms with E-state index in [-0.39, 0.29) is 12.5 Å². The highest BCUT2D eigenvalue weighted by Gasteiger charge is 2.42. The molecule has 0 aromatic heterocycles. The number of esters is 1. The predicted molar refractivity (Wildman–Crippen MR) is 99.8 cm³/mol. The average Bonchev–Trinajstić information content (AvgIpc) is 3.13. The Kier molecular flexibility index (Phi) is 6.82. The van der Waals surface area contributed by atoms with Gasteiger partial charge in [-0.3, -0.25) is 4.79 Å². The fourth-order valence-corrected chi connectivity index (χ4v) is 3.11. The van der Waals surface area contributed by atoms with Gasteiger partial charge in [-0.05, 0) is 23.8 Å². The number of carbonyl (C=O) groups is 3. The lowest BCUT2D eigenvalue weighted by atomic mass is 9.85. The smallest absolute Gasteiger partial charge is 0.408 e. The second kappa shape index (κ2) is 8.88. The number of methoxy groups -OCH3 is 1. The third-order valence-electron chi connectivity index (χ3n) is 4.60. The lowest BCUT2D eigenvalue weighted by Gasteiger charge is -2.34. The van der Waals surface area contributed by atoms with Crippen molar-refractivity contribution >= 4 is 18.0 Å². The van der Waals surface area contributed by atoms with Gasteiger partial charge < -0.3 is 19.7 Å². The molecule has 0 spiro atoms. The highest BCUT2D eigenvalue weighted by atomic mass is 16.5. The van der Waals surface area contributed by atoms with E-state index < -0.39 is 29.6 Å². The summed E-state index contributed by atoms with van der Waals surface area (Å²) in [6.07, 6.45) is 0.620. The molecular formula is C20H28N2O5. The molecule has 1 heterocycles. The summed E-state index contributed by atoms with van der Waals surface area (Å²) in [5.41, 5.74) is 0.308. The Morgan fingerprint density at radius 1 is 1.22 bits per heavy atom. The van der Waals surface area contributed by atoms with Crippen molar-refractivity contribution in [2.24, 2.45) is 5.41 Å². The van der Waals surface area contributed by atoms with E-state index in [0.29, 0.717) is 13.0 Å². The van der Waals surface area contributed by atoms with Gasteiger partial charge in [0, 0.05) is 6.54 Å². The summed E-state index contributed by atoms with van der Waals surface area (Å²) in [6, 6.07) is 7.89. The summed E-state index contributed by atoms with van der Waals surface area (Å²) < 4.78 is 10.1. The van der Waals surface area contributed by atoms with E-state index in [9.17, 15) is 14.4 Å². The number of hydrogen-bond acceptors (Lipinski definition) is 5. The molecule has 0 saturated carbocycles. The van der Waals surface area contributed by atoms with Crippen LogP contribution in [0.1, 0.15) is 39.2 Å². The molecule has 1 unspecified atom stereocenters. The van der Waals surface area contributed by atoms with Crippen molar-refractivity contribution in [1.29, 1.82) is 0 Å². The van der Waals surface area contributed by atoms with Crippen LogP contribution in [0.25, 0.3) is 0 Å². The van der Waals surface area contributed by atoms with Gasteiger partial charge in [-0.25, -0.2) is 9.59 Å². The molecular weight excluding hydrogens is 348 g/mol. The van der Waals surface area contributed by atoms with Crippen molar-refractivity contribution in [3.05, 3.63) is 35.9 Å². The molecule has 1 aromatic carbocycles. The maximum atomic E-state index is 13.1. The van der Waals surface area contributed by atoms with E-state index in [0.717, 1.165) is 12.0 Å². The van der Waals surface area contributed by atoms with Crippen LogP contribution in [0.4, 0.5) is 4.79 Å². The van der Waals surface area contributed by atoms with Gasteiger partial charge in [0.1, 0.15) is 18.7 Å². The number of hydrogen-bond donors (Lipinski definition) is 1. The Morgan fingerprint density at radius 2 is 1.89 bits per heavy atom. The zero-order valence-corrected chi connectivity index (χ0v) is 16.4. The molecule has 0 radical (unpaired) electrons. The second-order valence-electron chi connectivity index (χ2n) is 7.72. The molecule has 0 aliphatic carbocycles. The Morgan fingerprint density at radius 3 is 2.48 bits per heavy atom. The van der Waals surface area contributed by atoms with Gasteiger partial charge in [0.15, 0.2) is 0 Å². The van der Waals surface area contributed by atoms with E-state index in [2.05, 4.69) is 5.32 Å². The predicted octanol–water partition coefficient (Wildman–Crippen LogP) is 2.49. The second-order valence-corrected chi connectivity index (χ2v) is 7.72. The monoisotopic (exact) mass is 376 g/mol. The van der Waals surface area contributed by atoms with Crippen molar-refractivity contribution in [3.8, 4) is 0 Å². The fourth-order valence-electron chi connectivity index (χ4n) is 3.11. The minimum absolute atomic E-state index is 0.117. The van der Waals surface area contributed by atoms with Gasteiger partial charge in [-0.1, -0.05) is 51.1 Å². The van der Waals surface area contributed by atoms with Crippen LogP contribution in [0.5, 0.6) is 0 Å². The highest BCUT2D eigenvalue weighted by Crippen LogP contribution is 2.26. The topological polar surface area (TPSA) is 84.9 Å². The number of benzene rings is 1. The van der Waals surface area contributed by atoms with E-state index in [4.69, 9.17) is 9.47 Å². The largest absolute Gasteiger partial charge is 0.467 e. The van der Waals surface area contributed by atoms with Crippen molar-refractivity contribution in [2.75, 3.05) is 13.7 Å². The summed E-state index contributed by atoms with van der Waals surface area (Å²) in [5.74, 6) is -0.729. The van der Waals surface area contributed by atoms with Crippen LogP contribution >= 0.6 is 0 Å². The van der Waals surface area contributed by atoms with Gasteiger partial charge >= 0.3 is 12.1 Å². The van der Waals surface area contributed by atoms with E-state index >= 15 is 0 Å². The van der Waals surface area contributed by atoms with E-state index in [1.807, 2.05) is 51.1 Å². The quantitative estimate of drug-likeness (QED) is 0.798. The Labute approximate surface area is 160 Å². The van der Waals surface area contributed by atoms with Crippen LogP contribution in [-0.4, -0.2) is 48.6 Å². The van der Waals surface area contributed by atoms with Gasteiger partial charge in [0.25, 0.3) is 0 Å². The molecule has 1 N–H and O–H groups in total. The zero-order chi connectivity index (χ0) is 20.0. The molecule has 1 fully saturated rings. The average molecular weight is 376 g/mol. The maximum Gasteiger partial charge on any atom is 0.408 e. The number of nitrogens with zero attached hydrogens (tertiary/aromatic N) is 1. The molecule has 2 atom stereocenters. The normalized spacial score (nSPS) is 17.9. The number of ether oxygens (including phenoxy) is 2. The number of amides is 2. The summed E-state index contributed by atoms with van der Waals surface area (Å²) in [5, 5.41) is 2.68. The Balaban J connectivity index is 2.05. The minimum atomic E-state index is -0.814. The molecule has 7 heteroatoms. The van der Waals surface area contributed by atoms with Crippen LogP contribution in [0, 0.1) is 5.41 Å². The molecule has 2 rings (SSSR count). The number of nitrogens with one attached hydrogen (secondary N) is 1. The summed E-state index contributed by atoms with van der Waals surface area (Å²) in [6.45, 7) is 6.15. The molecule has 2 amide bonds. The van der Waals surface area contributed by atoms with Gasteiger partial charge in [-0.15, -0.1) is 0 Å². The third kappa shape index (κ3) is 5.45. The molecule has 1 aliphatic heterocycles. The molecule has 7 nitrogen and oxygen atoms in total. The molecule has 1 aliphatic rings. The van der Waals surface area contributed by atoms with Crippen molar-refractivity contribution in [3.63, 3.8) is 0 Å². The lowest BCUT2D eigenvalue weighted by molar-refractivity contribution is -0.152. The Bertz CT molecular complexity index is 669. The van der Waals surface area contributed by atoms with Crippen molar-refractivity contribution in [2.45, 2.75) is 52.3 Å². The minimum Gasteiger partial charge on any atom is -0.467 e. The number of rotatable bonds is 5. The first-order valence-corrected chi connectivity index (χ1v) is 9.09.